The molecule has 1 atom stereocenters. The molecule has 1 unspecified atom stereocenters. The summed E-state index contributed by atoms with van der Waals surface area (Å²) in [6, 6.07) is 3.41. The molecule has 0 aliphatic carbocycles. The molecular weight excluding hydrogens is 340 g/mol. The molecule has 1 aliphatic rings. The Hall–Kier alpha value is -2.55. The number of nitrogens with one attached hydrogen (secondary N) is 1. The first kappa shape index (κ1) is 15.9. The lowest BCUT2D eigenvalue weighted by molar-refractivity contribution is 0.0710. The molecule has 1 fully saturated rings. The van der Waals surface area contributed by atoms with Crippen molar-refractivity contribution in [2.24, 2.45) is 0 Å². The number of carbonyl (C=O) groups is 1. The van der Waals surface area contributed by atoms with Gasteiger partial charge in [-0.3, -0.25) is 14.7 Å². The van der Waals surface area contributed by atoms with Gasteiger partial charge >= 0.3 is 0 Å². The molecule has 0 bridgehead atoms. The van der Waals surface area contributed by atoms with Crippen molar-refractivity contribution in [1.29, 1.82) is 0 Å². The lowest BCUT2D eigenvalue weighted by Crippen LogP contribution is -2.39. The maximum absolute atomic E-state index is 12.7. The highest BCUT2D eigenvalue weighted by Crippen LogP contribution is 2.28. The largest absolute Gasteiger partial charge is 0.337 e. The molecule has 130 valence electrons. The number of aromatic amines is 1. The molecule has 1 aliphatic heterocycles. The van der Waals surface area contributed by atoms with Crippen LogP contribution in [0.25, 0.3) is 5.65 Å². The molecule has 0 radical (unpaired) electrons. The van der Waals surface area contributed by atoms with Gasteiger partial charge in [-0.2, -0.15) is 0 Å². The van der Waals surface area contributed by atoms with Gasteiger partial charge < -0.3 is 4.90 Å². The molecule has 3 aromatic heterocycles. The van der Waals surface area contributed by atoms with Gasteiger partial charge in [-0.25, -0.2) is 9.50 Å². The minimum Gasteiger partial charge on any atom is -0.337 e. The molecular formula is C16H18N6O2S. The van der Waals surface area contributed by atoms with Crippen molar-refractivity contribution < 1.29 is 4.79 Å². The number of likely N-dealkylation sites (tertiary alicyclic amines) is 1. The zero-order valence-electron chi connectivity index (χ0n) is 14.0. The van der Waals surface area contributed by atoms with Crippen LogP contribution in [0, 0.1) is 13.8 Å². The van der Waals surface area contributed by atoms with E-state index < -0.39 is 0 Å². The van der Waals surface area contributed by atoms with Crippen LogP contribution in [0.2, 0.25) is 0 Å². The summed E-state index contributed by atoms with van der Waals surface area (Å²) in [5.41, 5.74) is 2.81. The maximum atomic E-state index is 12.7. The molecule has 0 spiro atoms. The predicted molar refractivity (Wildman–Crippen MR) is 93.1 cm³/mol. The monoisotopic (exact) mass is 358 g/mol. The smallest absolute Gasteiger partial charge is 0.272 e. The number of rotatable bonds is 2. The minimum absolute atomic E-state index is 0.0144. The highest BCUT2D eigenvalue weighted by molar-refractivity contribution is 7.07. The van der Waals surface area contributed by atoms with E-state index in [1.54, 1.807) is 13.8 Å². The Morgan fingerprint density at radius 1 is 1.36 bits per heavy atom. The third kappa shape index (κ3) is 2.84. The highest BCUT2D eigenvalue weighted by Gasteiger charge is 2.28. The summed E-state index contributed by atoms with van der Waals surface area (Å²) in [6.07, 6.45) is 1.88. The summed E-state index contributed by atoms with van der Waals surface area (Å²) in [6.45, 7) is 4.94. The first-order valence-corrected chi connectivity index (χ1v) is 8.98. The average molecular weight is 358 g/mol. The van der Waals surface area contributed by atoms with E-state index in [-0.39, 0.29) is 17.4 Å². The van der Waals surface area contributed by atoms with E-state index in [4.69, 9.17) is 0 Å². The Morgan fingerprint density at radius 3 is 2.96 bits per heavy atom. The van der Waals surface area contributed by atoms with Crippen LogP contribution in [0.1, 0.15) is 45.5 Å². The Balaban J connectivity index is 1.61. The van der Waals surface area contributed by atoms with Crippen LogP contribution in [-0.2, 0) is 0 Å². The van der Waals surface area contributed by atoms with Crippen LogP contribution < -0.4 is 5.56 Å². The molecule has 0 aromatic carbocycles. The van der Waals surface area contributed by atoms with Gasteiger partial charge in [0.2, 0.25) is 0 Å². The van der Waals surface area contributed by atoms with Gasteiger partial charge in [0.1, 0.15) is 4.88 Å². The number of fused-ring (bicyclic) bond motifs is 1. The third-order valence-electron chi connectivity index (χ3n) is 4.59. The fourth-order valence-electron chi connectivity index (χ4n) is 3.32. The van der Waals surface area contributed by atoms with Crippen LogP contribution >= 0.6 is 11.5 Å². The highest BCUT2D eigenvalue weighted by atomic mass is 32.1. The molecule has 1 amide bonds. The number of piperidine rings is 1. The van der Waals surface area contributed by atoms with E-state index in [1.807, 2.05) is 11.0 Å². The number of H-pyrrole nitrogens is 1. The molecule has 3 aromatic rings. The summed E-state index contributed by atoms with van der Waals surface area (Å²) in [4.78, 5) is 31.6. The number of carbonyl (C=O) groups excluding carboxylic acids is 1. The Morgan fingerprint density at radius 2 is 2.20 bits per heavy atom. The number of amides is 1. The van der Waals surface area contributed by atoms with Gasteiger partial charge in [0.05, 0.1) is 5.69 Å². The van der Waals surface area contributed by atoms with Gasteiger partial charge in [-0.05, 0) is 38.2 Å². The van der Waals surface area contributed by atoms with Crippen molar-refractivity contribution in [3.63, 3.8) is 0 Å². The molecule has 9 heteroatoms. The average Bonchev–Trinajstić information content (AvgIpc) is 3.20. The predicted octanol–water partition coefficient (Wildman–Crippen LogP) is 1.51. The summed E-state index contributed by atoms with van der Waals surface area (Å²) in [7, 11) is 0. The molecule has 0 saturated carbocycles. The number of nitrogens with zero attached hydrogens (tertiary/aromatic N) is 5. The standard InChI is InChI=1S/C16H18N6O2S/c1-9-6-14(23)22-13(17-9)7-12(19-22)11-4-3-5-21(8-11)16(24)15-10(2)18-20-25-15/h6-7,11,19H,3-5,8H2,1-2H3. The van der Waals surface area contributed by atoms with Gasteiger partial charge in [0.25, 0.3) is 11.5 Å². The van der Waals surface area contributed by atoms with Crippen molar-refractivity contribution in [3.05, 3.63) is 44.4 Å². The molecule has 4 heterocycles. The summed E-state index contributed by atoms with van der Waals surface area (Å²) >= 11 is 1.14. The topological polar surface area (TPSA) is 96.2 Å². The third-order valence-corrected chi connectivity index (χ3v) is 5.41. The van der Waals surface area contributed by atoms with Gasteiger partial charge in [0.15, 0.2) is 5.65 Å². The van der Waals surface area contributed by atoms with E-state index >= 15 is 0 Å². The van der Waals surface area contributed by atoms with Crippen molar-refractivity contribution in [2.75, 3.05) is 13.1 Å². The summed E-state index contributed by atoms with van der Waals surface area (Å²) in [5, 5.41) is 7.07. The molecule has 8 nitrogen and oxygen atoms in total. The molecule has 25 heavy (non-hydrogen) atoms. The normalized spacial score (nSPS) is 18.0. The van der Waals surface area contributed by atoms with E-state index in [0.717, 1.165) is 36.6 Å². The Labute approximate surface area is 147 Å². The van der Waals surface area contributed by atoms with Crippen LogP contribution in [0.15, 0.2) is 16.9 Å². The second kappa shape index (κ2) is 6.07. The summed E-state index contributed by atoms with van der Waals surface area (Å²) < 4.78 is 5.31. The van der Waals surface area contributed by atoms with E-state index in [0.29, 0.717) is 28.5 Å². The van der Waals surface area contributed by atoms with E-state index in [1.165, 1.54) is 10.6 Å². The van der Waals surface area contributed by atoms with E-state index in [9.17, 15) is 9.59 Å². The molecule has 1 saturated heterocycles. The zero-order valence-corrected chi connectivity index (χ0v) is 14.8. The van der Waals surface area contributed by atoms with Crippen LogP contribution in [-0.4, -0.2) is 48.1 Å². The molecule has 4 rings (SSSR count). The van der Waals surface area contributed by atoms with E-state index in [2.05, 4.69) is 19.7 Å². The van der Waals surface area contributed by atoms with Crippen molar-refractivity contribution >= 4 is 23.1 Å². The lowest BCUT2D eigenvalue weighted by Gasteiger charge is -2.31. The number of hydrogen-bond acceptors (Lipinski definition) is 6. The van der Waals surface area contributed by atoms with Crippen molar-refractivity contribution in [3.8, 4) is 0 Å². The number of hydrogen-bond donors (Lipinski definition) is 1. The quantitative estimate of drug-likeness (QED) is 0.749. The molecule has 1 N–H and O–H groups in total. The Kier molecular flexibility index (Phi) is 3.87. The Bertz CT molecular complexity index is 1000. The van der Waals surface area contributed by atoms with Crippen molar-refractivity contribution in [1.82, 2.24) is 29.1 Å². The SMILES string of the molecule is Cc1cc(=O)n2[nH]c(C3CCCN(C(=O)c4snnc4C)C3)cc2n1. The summed E-state index contributed by atoms with van der Waals surface area (Å²) in [5.74, 6) is 0.139. The van der Waals surface area contributed by atoms with Crippen LogP contribution in [0.5, 0.6) is 0 Å². The van der Waals surface area contributed by atoms with Crippen LogP contribution in [0.4, 0.5) is 0 Å². The number of aromatic nitrogens is 5. The second-order valence-electron chi connectivity index (χ2n) is 6.42. The minimum atomic E-state index is -0.121. The van der Waals surface area contributed by atoms with Crippen molar-refractivity contribution in [2.45, 2.75) is 32.6 Å². The van der Waals surface area contributed by atoms with Crippen LogP contribution in [0.3, 0.4) is 0 Å². The fourth-order valence-corrected chi connectivity index (χ4v) is 3.95. The maximum Gasteiger partial charge on any atom is 0.272 e. The number of aryl methyl sites for hydroxylation is 2. The first-order chi connectivity index (χ1) is 12.0. The van der Waals surface area contributed by atoms with Gasteiger partial charge in [-0.15, -0.1) is 5.10 Å². The lowest BCUT2D eigenvalue weighted by atomic mass is 9.94. The zero-order chi connectivity index (χ0) is 17.6. The first-order valence-electron chi connectivity index (χ1n) is 8.20. The van der Waals surface area contributed by atoms with Gasteiger partial charge in [-0.1, -0.05) is 4.49 Å². The second-order valence-corrected chi connectivity index (χ2v) is 7.17. The fraction of sp³-hybridized carbons (Fsp3) is 0.438. The van der Waals surface area contributed by atoms with Gasteiger partial charge in [0, 0.05) is 42.5 Å².